The summed E-state index contributed by atoms with van der Waals surface area (Å²) in [6.45, 7) is 0.0440. The molecule has 1 unspecified atom stereocenters. The molecule has 1 aliphatic heterocycles. The van der Waals surface area contributed by atoms with Gasteiger partial charge in [-0.25, -0.2) is 4.79 Å². The number of benzene rings is 3. The minimum atomic E-state index is -0.448. The molecule has 5 rings (SSSR count). The number of thioether (sulfide) groups is 1. The van der Waals surface area contributed by atoms with Crippen molar-refractivity contribution in [2.24, 2.45) is 0 Å². The lowest BCUT2D eigenvalue weighted by Crippen LogP contribution is -2.19. The van der Waals surface area contributed by atoms with Crippen LogP contribution in [-0.2, 0) is 22.6 Å². The average Bonchev–Trinajstić information content (AvgIpc) is 3.15. The van der Waals surface area contributed by atoms with Crippen LogP contribution in [-0.4, -0.2) is 11.2 Å². The highest BCUT2D eigenvalue weighted by Crippen LogP contribution is 2.37. The van der Waals surface area contributed by atoms with Crippen molar-refractivity contribution >= 4 is 39.5 Å². The summed E-state index contributed by atoms with van der Waals surface area (Å²) in [7, 11) is 0. The zero-order valence-corrected chi connectivity index (χ0v) is 15.7. The van der Waals surface area contributed by atoms with E-state index in [4.69, 9.17) is 9.15 Å². The summed E-state index contributed by atoms with van der Waals surface area (Å²) < 4.78 is 11.0. The van der Waals surface area contributed by atoms with E-state index in [9.17, 15) is 9.59 Å². The van der Waals surface area contributed by atoms with E-state index in [2.05, 4.69) is 0 Å². The van der Waals surface area contributed by atoms with Gasteiger partial charge in [-0.05, 0) is 34.9 Å². The van der Waals surface area contributed by atoms with Crippen LogP contribution in [0, 0.1) is 0 Å². The van der Waals surface area contributed by atoms with Crippen LogP contribution in [0.5, 0.6) is 0 Å². The molecule has 0 amide bonds. The Balaban J connectivity index is 1.45. The zero-order valence-electron chi connectivity index (χ0n) is 14.9. The summed E-state index contributed by atoms with van der Waals surface area (Å²) in [6.07, 6.45) is 0.667. The fraction of sp³-hybridized carbons (Fsp3) is 0.130. The van der Waals surface area contributed by atoms with E-state index in [0.29, 0.717) is 17.6 Å². The van der Waals surface area contributed by atoms with Crippen molar-refractivity contribution in [1.29, 1.82) is 0 Å². The molecule has 0 spiro atoms. The second-order valence-electron chi connectivity index (χ2n) is 6.78. The fourth-order valence-corrected chi connectivity index (χ4v) is 4.88. The highest BCUT2D eigenvalue weighted by Gasteiger charge is 2.29. The van der Waals surface area contributed by atoms with Crippen LogP contribution in [0.25, 0.3) is 21.7 Å². The van der Waals surface area contributed by atoms with Gasteiger partial charge in [0.25, 0.3) is 0 Å². The molecule has 1 aromatic heterocycles. The Morgan fingerprint density at radius 1 is 1.07 bits per heavy atom. The highest BCUT2D eigenvalue weighted by molar-refractivity contribution is 8.01. The summed E-state index contributed by atoms with van der Waals surface area (Å²) in [5.41, 5.74) is 1.89. The van der Waals surface area contributed by atoms with Crippen LogP contribution in [0.4, 0.5) is 0 Å². The number of esters is 1. The monoisotopic (exact) mass is 388 g/mol. The molecule has 2 heterocycles. The van der Waals surface area contributed by atoms with Crippen molar-refractivity contribution in [3.63, 3.8) is 0 Å². The highest BCUT2D eigenvalue weighted by atomic mass is 32.2. The van der Waals surface area contributed by atoms with E-state index in [1.54, 1.807) is 6.07 Å². The molecule has 0 fully saturated rings. The maximum absolute atomic E-state index is 12.6. The first kappa shape index (κ1) is 17.1. The van der Waals surface area contributed by atoms with E-state index >= 15 is 0 Å². The number of rotatable bonds is 3. The summed E-state index contributed by atoms with van der Waals surface area (Å²) in [4.78, 5) is 25.7. The first-order valence-electron chi connectivity index (χ1n) is 9.05. The molecule has 1 aliphatic rings. The van der Waals surface area contributed by atoms with E-state index in [0.717, 1.165) is 21.1 Å². The quantitative estimate of drug-likeness (QED) is 0.289. The van der Waals surface area contributed by atoms with Crippen molar-refractivity contribution in [3.8, 4) is 0 Å². The third-order valence-electron chi connectivity index (χ3n) is 4.99. The van der Waals surface area contributed by atoms with Gasteiger partial charge in [-0.2, -0.15) is 0 Å². The normalized spacial score (nSPS) is 15.6. The standard InChI is InChI=1S/C23H16O4S/c24-21-12-16(22-17-7-3-1-5-14(17)9-10-18(22)27-21)13-26-23(25)20-11-15-6-2-4-8-19(15)28-20/h1-10,12,20H,11,13H2. The van der Waals surface area contributed by atoms with Gasteiger partial charge in [0.15, 0.2) is 0 Å². The third kappa shape index (κ3) is 2.98. The molecule has 1 atom stereocenters. The van der Waals surface area contributed by atoms with Gasteiger partial charge >= 0.3 is 11.6 Å². The number of hydrogen-bond donors (Lipinski definition) is 0. The Bertz CT molecular complexity index is 1250. The molecule has 3 aromatic carbocycles. The Kier molecular flexibility index (Phi) is 4.17. The maximum atomic E-state index is 12.6. The summed E-state index contributed by atoms with van der Waals surface area (Å²) >= 11 is 1.53. The number of carbonyl (C=O) groups is 1. The van der Waals surface area contributed by atoms with Gasteiger partial charge in [-0.3, -0.25) is 4.79 Å². The van der Waals surface area contributed by atoms with Crippen LogP contribution >= 0.6 is 11.8 Å². The molecule has 4 nitrogen and oxygen atoms in total. The molecule has 4 aromatic rings. The largest absolute Gasteiger partial charge is 0.460 e. The predicted octanol–water partition coefficient (Wildman–Crippen LogP) is 4.71. The van der Waals surface area contributed by atoms with Gasteiger partial charge in [-0.15, -0.1) is 11.8 Å². The van der Waals surface area contributed by atoms with Crippen molar-refractivity contribution in [3.05, 3.63) is 88.3 Å². The Labute approximate surface area is 165 Å². The van der Waals surface area contributed by atoms with Gasteiger partial charge in [0.2, 0.25) is 0 Å². The fourth-order valence-electron chi connectivity index (χ4n) is 3.69. The maximum Gasteiger partial charge on any atom is 0.336 e. The summed E-state index contributed by atoms with van der Waals surface area (Å²) in [5, 5.41) is 2.57. The minimum absolute atomic E-state index is 0.0440. The molecule has 0 N–H and O–H groups in total. The number of ether oxygens (including phenoxy) is 1. The van der Waals surface area contributed by atoms with Crippen molar-refractivity contribution in [2.75, 3.05) is 0 Å². The van der Waals surface area contributed by atoms with Crippen molar-refractivity contribution in [2.45, 2.75) is 23.2 Å². The van der Waals surface area contributed by atoms with Crippen molar-refractivity contribution < 1.29 is 13.9 Å². The van der Waals surface area contributed by atoms with E-state index in [1.165, 1.54) is 23.4 Å². The molecule has 28 heavy (non-hydrogen) atoms. The lowest BCUT2D eigenvalue weighted by Gasteiger charge is -2.12. The van der Waals surface area contributed by atoms with E-state index < -0.39 is 5.63 Å². The van der Waals surface area contributed by atoms with E-state index in [1.807, 2.05) is 54.6 Å². The van der Waals surface area contributed by atoms with Gasteiger partial charge in [-0.1, -0.05) is 48.5 Å². The number of fused-ring (bicyclic) bond motifs is 4. The molecule has 0 saturated heterocycles. The first-order chi connectivity index (χ1) is 13.7. The lowest BCUT2D eigenvalue weighted by atomic mass is 10.0. The summed E-state index contributed by atoms with van der Waals surface area (Å²) in [6, 6.07) is 21.0. The third-order valence-corrected chi connectivity index (χ3v) is 6.29. The molecular weight excluding hydrogens is 372 g/mol. The van der Waals surface area contributed by atoms with Gasteiger partial charge in [0, 0.05) is 21.9 Å². The molecule has 0 aliphatic carbocycles. The van der Waals surface area contributed by atoms with Crippen LogP contribution < -0.4 is 5.63 Å². The SMILES string of the molecule is O=C(OCc1cc(=O)oc2ccc3ccccc3c12)C1Cc2ccccc2S1. The molecule has 138 valence electrons. The Morgan fingerprint density at radius 3 is 2.79 bits per heavy atom. The zero-order chi connectivity index (χ0) is 19.1. The average molecular weight is 388 g/mol. The molecule has 0 saturated carbocycles. The second-order valence-corrected chi connectivity index (χ2v) is 8.02. The van der Waals surface area contributed by atoms with E-state index in [-0.39, 0.29) is 17.8 Å². The van der Waals surface area contributed by atoms with Crippen LogP contribution in [0.1, 0.15) is 11.1 Å². The van der Waals surface area contributed by atoms with Crippen molar-refractivity contribution in [1.82, 2.24) is 0 Å². The Morgan fingerprint density at radius 2 is 1.89 bits per heavy atom. The lowest BCUT2D eigenvalue weighted by molar-refractivity contribution is -0.144. The van der Waals surface area contributed by atoms with Gasteiger partial charge in [0.1, 0.15) is 17.4 Å². The predicted molar refractivity (Wildman–Crippen MR) is 110 cm³/mol. The number of hydrogen-bond acceptors (Lipinski definition) is 5. The van der Waals surface area contributed by atoms with Crippen LogP contribution in [0.3, 0.4) is 0 Å². The minimum Gasteiger partial charge on any atom is -0.460 e. The second kappa shape index (κ2) is 6.84. The van der Waals surface area contributed by atoms with Crippen LogP contribution in [0.15, 0.2) is 80.8 Å². The topological polar surface area (TPSA) is 56.5 Å². The smallest absolute Gasteiger partial charge is 0.336 e. The number of carbonyl (C=O) groups excluding carboxylic acids is 1. The first-order valence-corrected chi connectivity index (χ1v) is 9.93. The molecule has 5 heteroatoms. The van der Waals surface area contributed by atoms with Gasteiger partial charge in [0.05, 0.1) is 0 Å². The molecule has 0 radical (unpaired) electrons. The molecular formula is C23H16O4S. The summed E-state index contributed by atoms with van der Waals surface area (Å²) in [5.74, 6) is -0.261. The van der Waals surface area contributed by atoms with Crippen LogP contribution in [0.2, 0.25) is 0 Å². The molecule has 0 bridgehead atoms. The Hall–Kier alpha value is -3.05. The van der Waals surface area contributed by atoms with Gasteiger partial charge < -0.3 is 9.15 Å².